The molecule has 0 aromatic heterocycles. The average Bonchev–Trinajstić information content (AvgIpc) is 2.66. The van der Waals surface area contributed by atoms with Crippen LogP contribution in [0.2, 0.25) is 0 Å². The first-order valence-electron chi connectivity index (χ1n) is 7.80. The van der Waals surface area contributed by atoms with Crippen molar-refractivity contribution < 1.29 is 41.4 Å². The van der Waals surface area contributed by atoms with Crippen molar-refractivity contribution >= 4 is 11.9 Å². The number of halogens is 4. The van der Waals surface area contributed by atoms with Crippen LogP contribution in [0.15, 0.2) is 36.4 Å². The Bertz CT molecular complexity index is 860. The predicted octanol–water partition coefficient (Wildman–Crippen LogP) is 3.05. The van der Waals surface area contributed by atoms with E-state index in [1.807, 2.05) is 0 Å². The van der Waals surface area contributed by atoms with Gasteiger partial charge in [-0.05, 0) is 35.9 Å². The molecular weight excluding hydrogens is 386 g/mol. The van der Waals surface area contributed by atoms with Crippen molar-refractivity contribution in [3.8, 4) is 11.5 Å². The fraction of sp³-hybridized carbons (Fsp3) is 0.222. The number of hydrogen-bond acceptors (Lipinski definition) is 5. The first-order chi connectivity index (χ1) is 13.3. The zero-order chi connectivity index (χ0) is 20.7. The highest BCUT2D eigenvalue weighted by Crippen LogP contribution is 2.29. The number of rotatable bonds is 8. The van der Waals surface area contributed by atoms with Crippen LogP contribution >= 0.6 is 0 Å². The molecule has 0 saturated heterocycles. The molecule has 1 N–H and O–H groups in total. The zero-order valence-electron chi connectivity index (χ0n) is 14.5. The normalized spacial score (nSPS) is 10.5. The molecule has 6 nitrogen and oxygen atoms in total. The molecule has 0 aliphatic rings. The summed E-state index contributed by atoms with van der Waals surface area (Å²) in [6, 6.07) is 6.54. The van der Waals surface area contributed by atoms with E-state index in [0.717, 1.165) is 12.1 Å². The molecule has 10 heteroatoms. The van der Waals surface area contributed by atoms with E-state index >= 15 is 0 Å². The number of carbonyl (C=O) groups is 2. The van der Waals surface area contributed by atoms with Gasteiger partial charge in [-0.1, -0.05) is 6.07 Å². The lowest BCUT2D eigenvalue weighted by Crippen LogP contribution is -2.28. The summed E-state index contributed by atoms with van der Waals surface area (Å²) in [5.74, 6) is -4.10. The number of methoxy groups -OCH3 is 1. The van der Waals surface area contributed by atoms with E-state index in [1.165, 1.54) is 25.3 Å². The Labute approximate surface area is 157 Å². The standard InChI is InChI=1S/C18H15F4NO5/c1-26-15-6-10(2-5-14(15)28-18(21)22)8-23-16(24)9-27-17(25)11-3-4-12(19)13(20)7-11/h2-7,18H,8-9H2,1H3,(H,23,24). The van der Waals surface area contributed by atoms with Crippen molar-refractivity contribution in [2.75, 3.05) is 13.7 Å². The number of ether oxygens (including phenoxy) is 3. The maximum Gasteiger partial charge on any atom is 0.387 e. The highest BCUT2D eigenvalue weighted by atomic mass is 19.3. The van der Waals surface area contributed by atoms with Gasteiger partial charge in [-0.25, -0.2) is 13.6 Å². The number of nitrogens with one attached hydrogen (secondary N) is 1. The van der Waals surface area contributed by atoms with E-state index < -0.39 is 36.7 Å². The average molecular weight is 401 g/mol. The molecule has 0 bridgehead atoms. The minimum atomic E-state index is -3.01. The van der Waals surface area contributed by atoms with Crippen LogP contribution in [0.1, 0.15) is 15.9 Å². The summed E-state index contributed by atoms with van der Waals surface area (Å²) in [7, 11) is 1.27. The molecule has 2 rings (SSSR count). The second kappa shape index (κ2) is 9.58. The lowest BCUT2D eigenvalue weighted by Gasteiger charge is -2.12. The van der Waals surface area contributed by atoms with Crippen LogP contribution in [-0.4, -0.2) is 32.2 Å². The first-order valence-corrected chi connectivity index (χ1v) is 7.80. The predicted molar refractivity (Wildman–Crippen MR) is 88.1 cm³/mol. The number of hydrogen-bond donors (Lipinski definition) is 1. The van der Waals surface area contributed by atoms with Crippen LogP contribution in [0.25, 0.3) is 0 Å². The maximum atomic E-state index is 13.1. The Balaban J connectivity index is 1.86. The third kappa shape index (κ3) is 5.86. The van der Waals surface area contributed by atoms with Gasteiger partial charge in [0.25, 0.3) is 5.91 Å². The van der Waals surface area contributed by atoms with E-state index in [9.17, 15) is 27.2 Å². The number of alkyl halides is 2. The van der Waals surface area contributed by atoms with Crippen LogP contribution in [-0.2, 0) is 16.1 Å². The molecular formula is C18H15F4NO5. The lowest BCUT2D eigenvalue weighted by molar-refractivity contribution is -0.124. The summed E-state index contributed by atoms with van der Waals surface area (Å²) in [4.78, 5) is 23.5. The van der Waals surface area contributed by atoms with Crippen molar-refractivity contribution in [3.05, 3.63) is 59.2 Å². The molecule has 0 unspecified atom stereocenters. The van der Waals surface area contributed by atoms with Gasteiger partial charge in [-0.15, -0.1) is 0 Å². The van der Waals surface area contributed by atoms with Gasteiger partial charge in [0.1, 0.15) is 0 Å². The van der Waals surface area contributed by atoms with Crippen LogP contribution in [0.4, 0.5) is 17.6 Å². The van der Waals surface area contributed by atoms with Crippen molar-refractivity contribution in [2.24, 2.45) is 0 Å². The summed E-state index contributed by atoms with van der Waals surface area (Å²) >= 11 is 0. The van der Waals surface area contributed by atoms with Gasteiger partial charge in [0.2, 0.25) is 0 Å². The fourth-order valence-electron chi connectivity index (χ4n) is 2.10. The van der Waals surface area contributed by atoms with E-state index in [1.54, 1.807) is 0 Å². The summed E-state index contributed by atoms with van der Waals surface area (Å²) in [5.41, 5.74) is 0.268. The van der Waals surface area contributed by atoms with E-state index in [4.69, 9.17) is 9.47 Å². The molecule has 0 aliphatic carbocycles. The Kier molecular flexibility index (Phi) is 7.19. The highest BCUT2D eigenvalue weighted by Gasteiger charge is 2.14. The number of benzene rings is 2. The van der Waals surface area contributed by atoms with Gasteiger partial charge in [-0.2, -0.15) is 8.78 Å². The Hall–Kier alpha value is -3.30. The number of amides is 1. The molecule has 0 aliphatic heterocycles. The molecule has 150 valence electrons. The van der Waals surface area contributed by atoms with Crippen molar-refractivity contribution in [3.63, 3.8) is 0 Å². The van der Waals surface area contributed by atoms with Crippen LogP contribution in [0.3, 0.4) is 0 Å². The van der Waals surface area contributed by atoms with E-state index in [2.05, 4.69) is 10.1 Å². The van der Waals surface area contributed by atoms with Gasteiger partial charge in [-0.3, -0.25) is 4.79 Å². The van der Waals surface area contributed by atoms with Crippen molar-refractivity contribution in [1.29, 1.82) is 0 Å². The summed E-state index contributed by atoms with van der Waals surface area (Å²) in [6.45, 7) is -3.67. The van der Waals surface area contributed by atoms with E-state index in [0.29, 0.717) is 11.6 Å². The molecule has 0 fully saturated rings. The third-order valence-electron chi connectivity index (χ3n) is 3.42. The van der Waals surface area contributed by atoms with Gasteiger partial charge in [0.15, 0.2) is 29.7 Å². The fourth-order valence-corrected chi connectivity index (χ4v) is 2.10. The van der Waals surface area contributed by atoms with Crippen molar-refractivity contribution in [2.45, 2.75) is 13.2 Å². The molecule has 0 atom stereocenters. The SMILES string of the molecule is COc1cc(CNC(=O)COC(=O)c2ccc(F)c(F)c2)ccc1OC(F)F. The minimum Gasteiger partial charge on any atom is -0.493 e. The second-order valence-corrected chi connectivity index (χ2v) is 5.35. The molecule has 2 aromatic rings. The van der Waals surface area contributed by atoms with Gasteiger partial charge in [0.05, 0.1) is 12.7 Å². The van der Waals surface area contributed by atoms with Crippen molar-refractivity contribution in [1.82, 2.24) is 5.32 Å². The molecule has 0 radical (unpaired) electrons. The molecule has 0 saturated carbocycles. The second-order valence-electron chi connectivity index (χ2n) is 5.35. The Morgan fingerprint density at radius 1 is 1.04 bits per heavy atom. The molecule has 0 spiro atoms. The number of esters is 1. The summed E-state index contributed by atoms with van der Waals surface area (Å²) < 4.78 is 64.4. The monoisotopic (exact) mass is 401 g/mol. The molecule has 1 amide bonds. The maximum absolute atomic E-state index is 13.1. The molecule has 0 heterocycles. The van der Waals surface area contributed by atoms with Gasteiger partial charge in [0, 0.05) is 6.54 Å². The topological polar surface area (TPSA) is 73.9 Å². The van der Waals surface area contributed by atoms with Crippen LogP contribution in [0, 0.1) is 11.6 Å². The highest BCUT2D eigenvalue weighted by molar-refractivity contribution is 5.91. The van der Waals surface area contributed by atoms with E-state index in [-0.39, 0.29) is 23.6 Å². The van der Waals surface area contributed by atoms with Gasteiger partial charge >= 0.3 is 12.6 Å². The molecule has 28 heavy (non-hydrogen) atoms. The Morgan fingerprint density at radius 3 is 2.43 bits per heavy atom. The largest absolute Gasteiger partial charge is 0.493 e. The van der Waals surface area contributed by atoms with Crippen LogP contribution < -0.4 is 14.8 Å². The lowest BCUT2D eigenvalue weighted by atomic mass is 10.2. The summed E-state index contributed by atoms with van der Waals surface area (Å²) in [6.07, 6.45) is 0. The third-order valence-corrected chi connectivity index (χ3v) is 3.42. The zero-order valence-corrected chi connectivity index (χ0v) is 14.5. The quantitative estimate of drug-likeness (QED) is 0.544. The smallest absolute Gasteiger partial charge is 0.387 e. The van der Waals surface area contributed by atoms with Crippen LogP contribution in [0.5, 0.6) is 11.5 Å². The molecule has 2 aromatic carbocycles. The minimum absolute atomic E-state index is 0.00706. The number of carbonyl (C=O) groups excluding carboxylic acids is 2. The first kappa shape index (κ1) is 21.0. The summed E-state index contributed by atoms with van der Waals surface area (Å²) in [5, 5.41) is 2.44. The van der Waals surface area contributed by atoms with Gasteiger partial charge < -0.3 is 19.5 Å². The Morgan fingerprint density at radius 2 is 1.79 bits per heavy atom.